The van der Waals surface area contributed by atoms with Crippen LogP contribution in [0.3, 0.4) is 0 Å². The smallest absolute Gasteiger partial charge is 0.201 e. The van der Waals surface area contributed by atoms with E-state index >= 15 is 0 Å². The topological polar surface area (TPSA) is 37.4 Å². The molecule has 0 spiro atoms. The lowest BCUT2D eigenvalue weighted by atomic mass is 10.3. The number of rotatable bonds is 3. The van der Waals surface area contributed by atoms with Gasteiger partial charge in [0.1, 0.15) is 0 Å². The van der Waals surface area contributed by atoms with Crippen molar-refractivity contribution >= 4 is 15.7 Å². The molecule has 0 aliphatic heterocycles. The van der Waals surface area contributed by atoms with E-state index in [0.717, 1.165) is 18.2 Å². The third-order valence-corrected chi connectivity index (χ3v) is 4.13. The highest BCUT2D eigenvalue weighted by molar-refractivity contribution is 7.92. The first-order valence-electron chi connectivity index (χ1n) is 5.47. The summed E-state index contributed by atoms with van der Waals surface area (Å²) in [6.07, 6.45) is -5.07. The molecule has 2 aromatic carbocycles. The Labute approximate surface area is 114 Å². The molecule has 0 aromatic heterocycles. The largest absolute Gasteiger partial charge is 0.498 e. The van der Waals surface area contributed by atoms with Crippen molar-refractivity contribution in [3.05, 3.63) is 60.7 Å². The first-order chi connectivity index (χ1) is 9.33. The lowest BCUT2D eigenvalue weighted by molar-refractivity contribution is -0.115. The standard InChI is InChI=1S/C13H9F3NO2S/c14-13(15,16)17(11-7-3-1-4-8-11)20(18,19)12-9-5-2-6-10-12/h1-9H. The quantitative estimate of drug-likeness (QED) is 0.816. The molecule has 105 valence electrons. The van der Waals surface area contributed by atoms with E-state index in [9.17, 15) is 21.6 Å². The molecule has 2 rings (SSSR count). The average Bonchev–Trinajstić information content (AvgIpc) is 2.39. The second-order valence-electron chi connectivity index (χ2n) is 3.80. The lowest BCUT2D eigenvalue weighted by Crippen LogP contribution is -2.43. The number of benzene rings is 2. The van der Waals surface area contributed by atoms with Crippen molar-refractivity contribution in [1.29, 1.82) is 0 Å². The first kappa shape index (κ1) is 14.4. The molecule has 0 unspecified atom stereocenters. The van der Waals surface area contributed by atoms with Crippen LogP contribution in [-0.2, 0) is 10.0 Å². The Morgan fingerprint density at radius 1 is 0.950 bits per heavy atom. The van der Waals surface area contributed by atoms with Gasteiger partial charge >= 0.3 is 6.30 Å². The fourth-order valence-electron chi connectivity index (χ4n) is 1.62. The molecule has 0 saturated heterocycles. The molecule has 1 radical (unpaired) electrons. The van der Waals surface area contributed by atoms with Crippen LogP contribution in [-0.4, -0.2) is 14.7 Å². The van der Waals surface area contributed by atoms with E-state index in [0.29, 0.717) is 0 Å². The van der Waals surface area contributed by atoms with E-state index in [1.54, 1.807) is 0 Å². The van der Waals surface area contributed by atoms with Crippen LogP contribution in [0.15, 0.2) is 59.5 Å². The zero-order valence-corrected chi connectivity index (χ0v) is 10.8. The Morgan fingerprint density at radius 2 is 1.55 bits per heavy atom. The minimum absolute atomic E-state index is 0.475. The van der Waals surface area contributed by atoms with Crippen LogP contribution in [0.1, 0.15) is 0 Å². The van der Waals surface area contributed by atoms with Gasteiger partial charge in [-0.05, 0) is 18.2 Å². The number of sulfonamides is 1. The highest BCUT2D eigenvalue weighted by atomic mass is 32.2. The van der Waals surface area contributed by atoms with Crippen LogP contribution in [0.4, 0.5) is 18.9 Å². The summed E-state index contributed by atoms with van der Waals surface area (Å²) < 4.78 is 63.1. The minimum atomic E-state index is -5.07. The van der Waals surface area contributed by atoms with Gasteiger partial charge in [-0.3, -0.25) is 0 Å². The van der Waals surface area contributed by atoms with Crippen molar-refractivity contribution < 1.29 is 21.6 Å². The Kier molecular flexibility index (Phi) is 3.71. The first-order valence-corrected chi connectivity index (χ1v) is 6.91. The molecular formula is C13H9F3NO2S. The fraction of sp³-hybridized carbons (Fsp3) is 0.0769. The minimum Gasteiger partial charge on any atom is -0.201 e. The number of nitrogens with zero attached hydrogens (tertiary/aromatic N) is 1. The van der Waals surface area contributed by atoms with Gasteiger partial charge in [0, 0.05) is 6.07 Å². The molecule has 0 N–H and O–H groups in total. The summed E-state index contributed by atoms with van der Waals surface area (Å²) in [6.45, 7) is 0. The highest BCUT2D eigenvalue weighted by Gasteiger charge is 2.46. The third kappa shape index (κ3) is 2.77. The molecule has 0 bridgehead atoms. The van der Waals surface area contributed by atoms with Crippen LogP contribution in [0.2, 0.25) is 0 Å². The molecule has 0 atom stereocenters. The summed E-state index contributed by atoms with van der Waals surface area (Å²) >= 11 is 0. The molecule has 0 aliphatic carbocycles. The zero-order valence-electron chi connectivity index (χ0n) is 10.0. The van der Waals surface area contributed by atoms with E-state index in [4.69, 9.17) is 0 Å². The van der Waals surface area contributed by atoms with Gasteiger partial charge in [0.15, 0.2) is 0 Å². The molecule has 0 saturated carbocycles. The van der Waals surface area contributed by atoms with E-state index in [1.165, 1.54) is 36.4 Å². The zero-order chi connectivity index (χ0) is 14.8. The van der Waals surface area contributed by atoms with Gasteiger partial charge in [0.25, 0.3) is 10.0 Å². The monoisotopic (exact) mass is 300 g/mol. The average molecular weight is 300 g/mol. The molecule has 2 aromatic rings. The molecular weight excluding hydrogens is 291 g/mol. The number of hydrogen-bond donors (Lipinski definition) is 0. The van der Waals surface area contributed by atoms with E-state index < -0.39 is 31.2 Å². The number of para-hydroxylation sites is 1. The second-order valence-corrected chi connectivity index (χ2v) is 5.55. The number of anilines is 1. The van der Waals surface area contributed by atoms with Gasteiger partial charge in [0.2, 0.25) is 0 Å². The summed E-state index contributed by atoms with van der Waals surface area (Å²) in [7, 11) is -4.76. The maximum Gasteiger partial charge on any atom is 0.498 e. The molecule has 3 nitrogen and oxygen atoms in total. The normalized spacial score (nSPS) is 12.2. The summed E-state index contributed by atoms with van der Waals surface area (Å²) in [6, 6.07) is 13.7. The summed E-state index contributed by atoms with van der Waals surface area (Å²) in [5.74, 6) is 0. The predicted octanol–water partition coefficient (Wildman–Crippen LogP) is 3.20. The lowest BCUT2D eigenvalue weighted by Gasteiger charge is -2.26. The maximum atomic E-state index is 13.1. The Morgan fingerprint density at radius 3 is 2.05 bits per heavy atom. The van der Waals surface area contributed by atoms with Crippen LogP contribution in [0, 0.1) is 6.07 Å². The summed E-state index contributed by atoms with van der Waals surface area (Å²) in [5.41, 5.74) is -0.475. The van der Waals surface area contributed by atoms with E-state index in [-0.39, 0.29) is 0 Å². The van der Waals surface area contributed by atoms with E-state index in [1.807, 2.05) is 0 Å². The molecule has 20 heavy (non-hydrogen) atoms. The van der Waals surface area contributed by atoms with Crippen LogP contribution < -0.4 is 4.31 Å². The van der Waals surface area contributed by atoms with Crippen LogP contribution in [0.25, 0.3) is 0 Å². The van der Waals surface area contributed by atoms with Crippen molar-refractivity contribution in [2.45, 2.75) is 11.2 Å². The molecule has 0 fully saturated rings. The van der Waals surface area contributed by atoms with Crippen LogP contribution >= 0.6 is 0 Å². The Hall–Kier alpha value is -2.02. The molecule has 0 amide bonds. The van der Waals surface area contributed by atoms with Gasteiger partial charge in [-0.25, -0.2) is 8.42 Å². The molecule has 7 heteroatoms. The summed E-state index contributed by atoms with van der Waals surface area (Å²) in [5, 5.41) is 0. The Bertz CT molecular complexity index is 670. The maximum absolute atomic E-state index is 13.1. The van der Waals surface area contributed by atoms with E-state index in [2.05, 4.69) is 6.07 Å². The van der Waals surface area contributed by atoms with Gasteiger partial charge in [-0.1, -0.05) is 36.4 Å². The molecule has 0 aliphatic rings. The number of alkyl halides is 3. The van der Waals surface area contributed by atoms with Crippen molar-refractivity contribution in [2.24, 2.45) is 0 Å². The van der Waals surface area contributed by atoms with Gasteiger partial charge in [0.05, 0.1) is 10.6 Å². The fourth-order valence-corrected chi connectivity index (χ4v) is 2.96. The second kappa shape index (κ2) is 5.16. The number of halogens is 3. The summed E-state index contributed by atoms with van der Waals surface area (Å²) in [4.78, 5) is -0.541. The SMILES string of the molecule is O=S(=O)(c1[c]cccc1)N(c1ccccc1)C(F)(F)F. The van der Waals surface area contributed by atoms with Crippen molar-refractivity contribution in [3.8, 4) is 0 Å². The molecule has 0 heterocycles. The van der Waals surface area contributed by atoms with Crippen LogP contribution in [0.5, 0.6) is 0 Å². The highest BCUT2D eigenvalue weighted by Crippen LogP contribution is 2.34. The van der Waals surface area contributed by atoms with Crippen molar-refractivity contribution in [2.75, 3.05) is 4.31 Å². The van der Waals surface area contributed by atoms with Gasteiger partial charge in [-0.15, -0.1) is 13.2 Å². The Balaban J connectivity index is 2.60. The number of hydrogen-bond acceptors (Lipinski definition) is 2. The van der Waals surface area contributed by atoms with Crippen molar-refractivity contribution in [1.82, 2.24) is 0 Å². The predicted molar refractivity (Wildman–Crippen MR) is 67.4 cm³/mol. The third-order valence-electron chi connectivity index (χ3n) is 2.42. The van der Waals surface area contributed by atoms with Gasteiger partial charge < -0.3 is 0 Å². The van der Waals surface area contributed by atoms with Crippen molar-refractivity contribution in [3.63, 3.8) is 0 Å². The van der Waals surface area contributed by atoms with Gasteiger partial charge in [-0.2, -0.15) is 4.31 Å².